The van der Waals surface area contributed by atoms with Gasteiger partial charge in [0.15, 0.2) is 5.75 Å². The van der Waals surface area contributed by atoms with Crippen LogP contribution in [0.25, 0.3) is 11.3 Å². The fourth-order valence-corrected chi connectivity index (χ4v) is 7.46. The highest BCUT2D eigenvalue weighted by Gasteiger charge is 2.29. The van der Waals surface area contributed by atoms with E-state index in [0.717, 1.165) is 0 Å². The van der Waals surface area contributed by atoms with E-state index in [0.29, 0.717) is 30.1 Å². The third kappa shape index (κ3) is 6.02. The molecule has 11 nitrogen and oxygen atoms in total. The molecule has 39 heavy (non-hydrogen) atoms. The maximum Gasteiger partial charge on any atom is 0.246 e. The normalized spacial score (nSPS) is 12.2. The number of ether oxygens (including phenoxy) is 3. The molecule has 0 bridgehead atoms. The molecule has 1 heterocycles. The van der Waals surface area contributed by atoms with Gasteiger partial charge in [-0.15, -0.1) is 0 Å². The van der Waals surface area contributed by atoms with Crippen LogP contribution < -0.4 is 14.2 Å². The molecule has 0 aliphatic carbocycles. The molecule has 2 aromatic carbocycles. The van der Waals surface area contributed by atoms with Crippen LogP contribution in [0.1, 0.15) is 27.7 Å². The maximum atomic E-state index is 13.4. The number of methoxy groups -OCH3 is 2. The minimum Gasteiger partial charge on any atom is -0.496 e. The molecule has 0 saturated heterocycles. The van der Waals surface area contributed by atoms with Gasteiger partial charge in [-0.05, 0) is 24.3 Å². The Balaban J connectivity index is 2.08. The molecule has 3 rings (SSSR count). The second-order valence-electron chi connectivity index (χ2n) is 8.19. The first-order valence-corrected chi connectivity index (χ1v) is 15.5. The van der Waals surface area contributed by atoms with E-state index in [1.165, 1.54) is 59.4 Å². The van der Waals surface area contributed by atoms with Gasteiger partial charge in [-0.2, -0.15) is 13.7 Å². The van der Waals surface area contributed by atoms with Crippen molar-refractivity contribution in [2.75, 3.05) is 40.4 Å². The van der Waals surface area contributed by atoms with Crippen molar-refractivity contribution in [1.29, 1.82) is 0 Å². The number of rotatable bonds is 13. The third-order valence-electron chi connectivity index (χ3n) is 6.15. The van der Waals surface area contributed by atoms with Crippen molar-refractivity contribution in [3.8, 4) is 34.3 Å². The highest BCUT2D eigenvalue weighted by Crippen LogP contribution is 2.43. The zero-order valence-electron chi connectivity index (χ0n) is 22.7. The fraction of sp³-hybridized carbons (Fsp3) is 0.400. The Bertz CT molecular complexity index is 1520. The summed E-state index contributed by atoms with van der Waals surface area (Å²) in [5.41, 5.74) is 0.676. The van der Waals surface area contributed by atoms with Gasteiger partial charge >= 0.3 is 0 Å². The zero-order chi connectivity index (χ0) is 29.0. The van der Waals surface area contributed by atoms with Crippen LogP contribution in [0.4, 0.5) is 0 Å². The van der Waals surface area contributed by atoms with Gasteiger partial charge in [0.25, 0.3) is 0 Å². The quantitative estimate of drug-likeness (QED) is 0.301. The molecule has 0 radical (unpaired) electrons. The molecule has 0 fully saturated rings. The van der Waals surface area contributed by atoms with E-state index in [1.807, 2.05) is 0 Å². The molecule has 0 amide bonds. The number of hydrogen-bond acceptors (Lipinski definition) is 8. The summed E-state index contributed by atoms with van der Waals surface area (Å²) in [5.74, 6) is 0.830. The van der Waals surface area contributed by atoms with Gasteiger partial charge in [0, 0.05) is 37.8 Å². The first-order chi connectivity index (χ1) is 18.5. The lowest BCUT2D eigenvalue weighted by atomic mass is 10.1. The second kappa shape index (κ2) is 12.6. The zero-order valence-corrected chi connectivity index (χ0v) is 25.1. The number of nitrogens with zero attached hydrogens (tertiary/aromatic N) is 3. The standard InChI is InChI=1S/C25H33ClN4O7S2/c1-7-29(8-2)38(31,32)17-11-12-20(19(26)13-17)37-23-16-27-28-25(23)18-14-24(22(36-6)15-21(18)35-5)39(33,34)30(9-3)10-4/h11-16H,7-10H2,1-6H3,(H,27,28). The largest absolute Gasteiger partial charge is 0.496 e. The van der Waals surface area contributed by atoms with E-state index in [9.17, 15) is 16.8 Å². The Kier molecular flexibility index (Phi) is 9.88. The summed E-state index contributed by atoms with van der Waals surface area (Å²) in [4.78, 5) is -0.00640. The molecule has 0 aliphatic rings. The average molecular weight is 601 g/mol. The predicted octanol–water partition coefficient (Wildman–Crippen LogP) is 4.60. The number of sulfonamides is 2. The van der Waals surface area contributed by atoms with Crippen LogP contribution in [0.15, 0.2) is 46.3 Å². The number of nitrogens with one attached hydrogen (secondary N) is 1. The van der Waals surface area contributed by atoms with Crippen molar-refractivity contribution in [2.45, 2.75) is 37.5 Å². The summed E-state index contributed by atoms with van der Waals surface area (Å²) in [6, 6.07) is 7.12. The number of hydrogen-bond donors (Lipinski definition) is 1. The lowest BCUT2D eigenvalue weighted by molar-refractivity contribution is 0.382. The average Bonchev–Trinajstić information content (AvgIpc) is 3.37. The SMILES string of the molecule is CCN(CC)S(=O)(=O)c1ccc(Oc2cn[nH]c2-c2cc(S(=O)(=O)N(CC)CC)c(OC)cc2OC)c(Cl)c1. The van der Waals surface area contributed by atoms with Crippen LogP contribution in [-0.2, 0) is 20.0 Å². The Labute approximate surface area is 234 Å². The molecule has 214 valence electrons. The van der Waals surface area contributed by atoms with E-state index in [4.69, 9.17) is 25.8 Å². The molecule has 0 atom stereocenters. The van der Waals surface area contributed by atoms with Crippen LogP contribution in [0.2, 0.25) is 5.02 Å². The minimum absolute atomic E-state index is 0.0408. The number of aromatic nitrogens is 2. The molecule has 14 heteroatoms. The maximum absolute atomic E-state index is 13.4. The smallest absolute Gasteiger partial charge is 0.246 e. The molecular weight excluding hydrogens is 568 g/mol. The van der Waals surface area contributed by atoms with Gasteiger partial charge in [-0.25, -0.2) is 16.8 Å². The first kappa shape index (κ1) is 30.7. The van der Waals surface area contributed by atoms with Gasteiger partial charge < -0.3 is 14.2 Å². The van der Waals surface area contributed by atoms with Crippen LogP contribution in [0.5, 0.6) is 23.0 Å². The highest BCUT2D eigenvalue weighted by atomic mass is 35.5. The Morgan fingerprint density at radius 2 is 1.38 bits per heavy atom. The topological polar surface area (TPSA) is 131 Å². The molecule has 1 N–H and O–H groups in total. The molecule has 0 spiro atoms. The van der Waals surface area contributed by atoms with Crippen molar-refractivity contribution in [3.63, 3.8) is 0 Å². The van der Waals surface area contributed by atoms with Crippen LogP contribution in [0, 0.1) is 0 Å². The molecule has 0 aliphatic heterocycles. The lowest BCUT2D eigenvalue weighted by Crippen LogP contribution is -2.31. The lowest BCUT2D eigenvalue weighted by Gasteiger charge is -2.21. The van der Waals surface area contributed by atoms with E-state index in [2.05, 4.69) is 10.2 Å². The number of H-pyrrole nitrogens is 1. The van der Waals surface area contributed by atoms with Gasteiger partial charge in [0.1, 0.15) is 27.8 Å². The number of aromatic amines is 1. The van der Waals surface area contributed by atoms with E-state index >= 15 is 0 Å². The Hall–Kier alpha value is -2.84. The van der Waals surface area contributed by atoms with Crippen molar-refractivity contribution >= 4 is 31.6 Å². The summed E-state index contributed by atoms with van der Waals surface area (Å²) in [6.07, 6.45) is 1.40. The van der Waals surface area contributed by atoms with Gasteiger partial charge in [0.05, 0.1) is 30.3 Å². The monoisotopic (exact) mass is 600 g/mol. The van der Waals surface area contributed by atoms with Crippen LogP contribution in [0.3, 0.4) is 0 Å². The Morgan fingerprint density at radius 1 is 0.795 bits per heavy atom. The second-order valence-corrected chi connectivity index (χ2v) is 12.4. The summed E-state index contributed by atoms with van der Waals surface area (Å²) < 4.78 is 72.1. The summed E-state index contributed by atoms with van der Waals surface area (Å²) in [7, 11) is -4.78. The Morgan fingerprint density at radius 3 is 1.92 bits per heavy atom. The fourth-order valence-electron chi connectivity index (χ4n) is 4.07. The van der Waals surface area contributed by atoms with Crippen molar-refractivity contribution < 1.29 is 31.0 Å². The molecule has 0 saturated carbocycles. The van der Waals surface area contributed by atoms with Crippen molar-refractivity contribution in [1.82, 2.24) is 18.8 Å². The predicted molar refractivity (Wildman–Crippen MR) is 149 cm³/mol. The summed E-state index contributed by atoms with van der Waals surface area (Å²) in [6.45, 7) is 8.22. The van der Waals surface area contributed by atoms with Crippen LogP contribution >= 0.6 is 11.6 Å². The number of halogens is 1. The van der Waals surface area contributed by atoms with E-state index in [-0.39, 0.29) is 45.2 Å². The molecular formula is C25H33ClN4O7S2. The minimum atomic E-state index is -3.90. The molecule has 3 aromatic rings. The van der Waals surface area contributed by atoms with Crippen molar-refractivity contribution in [3.05, 3.63) is 41.6 Å². The van der Waals surface area contributed by atoms with Crippen molar-refractivity contribution in [2.24, 2.45) is 0 Å². The van der Waals surface area contributed by atoms with E-state index in [1.54, 1.807) is 27.7 Å². The van der Waals surface area contributed by atoms with Gasteiger partial charge in [-0.3, -0.25) is 5.10 Å². The summed E-state index contributed by atoms with van der Waals surface area (Å²) >= 11 is 6.43. The first-order valence-electron chi connectivity index (χ1n) is 12.3. The highest BCUT2D eigenvalue weighted by molar-refractivity contribution is 7.89. The van der Waals surface area contributed by atoms with Gasteiger partial charge in [-0.1, -0.05) is 39.3 Å². The van der Waals surface area contributed by atoms with Gasteiger partial charge in [0.2, 0.25) is 20.0 Å². The van der Waals surface area contributed by atoms with Crippen LogP contribution in [-0.4, -0.2) is 76.0 Å². The number of benzene rings is 2. The molecule has 1 aromatic heterocycles. The third-order valence-corrected chi connectivity index (χ3v) is 10.6. The molecule has 0 unspecified atom stereocenters. The summed E-state index contributed by atoms with van der Waals surface area (Å²) in [5, 5.41) is 6.96. The van der Waals surface area contributed by atoms with E-state index < -0.39 is 20.0 Å².